The Hall–Kier alpha value is -2.59. The summed E-state index contributed by atoms with van der Waals surface area (Å²) in [5.41, 5.74) is 2.90. The van der Waals surface area contributed by atoms with Crippen molar-refractivity contribution in [1.29, 1.82) is 0 Å². The fourth-order valence-corrected chi connectivity index (χ4v) is 2.97. The minimum atomic E-state index is -0.348. The molecule has 0 bridgehead atoms. The minimum Gasteiger partial charge on any atom is -0.391 e. The first-order chi connectivity index (χ1) is 11.7. The molecule has 1 aromatic heterocycles. The number of carbonyl (C=O) groups is 1. The Morgan fingerprint density at radius 2 is 1.92 bits per heavy atom. The van der Waals surface area contributed by atoms with Crippen molar-refractivity contribution in [2.45, 2.75) is 13.0 Å². The van der Waals surface area contributed by atoms with E-state index in [4.69, 9.17) is 16.3 Å². The number of aromatic nitrogens is 1. The number of pyridine rings is 1. The predicted molar refractivity (Wildman–Crippen MR) is 93.3 cm³/mol. The Morgan fingerprint density at radius 3 is 2.75 bits per heavy atom. The van der Waals surface area contributed by atoms with E-state index in [9.17, 15) is 4.79 Å². The Kier molecular flexibility index (Phi) is 3.82. The molecule has 5 heteroatoms. The molecule has 3 aromatic rings. The van der Waals surface area contributed by atoms with Crippen LogP contribution in [0.15, 0.2) is 54.6 Å². The van der Waals surface area contributed by atoms with Gasteiger partial charge in [0, 0.05) is 22.5 Å². The van der Waals surface area contributed by atoms with Crippen LogP contribution in [0.4, 0.5) is 4.79 Å². The molecule has 2 heterocycles. The van der Waals surface area contributed by atoms with Gasteiger partial charge in [-0.2, -0.15) is 0 Å². The summed E-state index contributed by atoms with van der Waals surface area (Å²) in [6.07, 6.45) is 0.405. The molecule has 1 amide bonds. The van der Waals surface area contributed by atoms with Gasteiger partial charge in [-0.25, -0.2) is 9.78 Å². The first-order valence-corrected chi connectivity index (χ1v) is 8.17. The maximum atomic E-state index is 12.2. The lowest BCUT2D eigenvalue weighted by atomic mass is 10.1. The SMILES string of the molecule is O=C1Oc2nc3ccccc3cc2CN1CCc1ccc(Cl)cc1. The van der Waals surface area contributed by atoms with Crippen LogP contribution in [-0.2, 0) is 13.0 Å². The van der Waals surface area contributed by atoms with Gasteiger partial charge in [-0.1, -0.05) is 41.9 Å². The monoisotopic (exact) mass is 338 g/mol. The molecule has 24 heavy (non-hydrogen) atoms. The van der Waals surface area contributed by atoms with Crippen molar-refractivity contribution < 1.29 is 9.53 Å². The largest absolute Gasteiger partial charge is 0.416 e. The topological polar surface area (TPSA) is 42.4 Å². The molecule has 120 valence electrons. The van der Waals surface area contributed by atoms with Crippen LogP contribution in [0.25, 0.3) is 10.9 Å². The van der Waals surface area contributed by atoms with Gasteiger partial charge in [0.15, 0.2) is 0 Å². The van der Waals surface area contributed by atoms with Gasteiger partial charge in [-0.3, -0.25) is 0 Å². The van der Waals surface area contributed by atoms with E-state index >= 15 is 0 Å². The number of hydrogen-bond donors (Lipinski definition) is 0. The molecule has 0 aliphatic carbocycles. The van der Waals surface area contributed by atoms with Crippen molar-refractivity contribution in [2.75, 3.05) is 6.54 Å². The van der Waals surface area contributed by atoms with E-state index in [1.807, 2.05) is 54.6 Å². The van der Waals surface area contributed by atoms with E-state index in [0.717, 1.165) is 28.5 Å². The zero-order valence-electron chi connectivity index (χ0n) is 12.9. The number of rotatable bonds is 3. The average molecular weight is 339 g/mol. The van der Waals surface area contributed by atoms with Crippen LogP contribution < -0.4 is 4.74 Å². The van der Waals surface area contributed by atoms with Crippen LogP contribution in [0.5, 0.6) is 5.88 Å². The second-order valence-electron chi connectivity index (χ2n) is 5.81. The number of para-hydroxylation sites is 1. The van der Waals surface area contributed by atoms with E-state index in [1.54, 1.807) is 4.90 Å². The molecule has 0 fully saturated rings. The van der Waals surface area contributed by atoms with Crippen LogP contribution >= 0.6 is 11.6 Å². The van der Waals surface area contributed by atoms with Crippen molar-refractivity contribution in [2.24, 2.45) is 0 Å². The smallest absolute Gasteiger partial charge is 0.391 e. The number of benzene rings is 2. The van der Waals surface area contributed by atoms with Crippen LogP contribution in [0.2, 0.25) is 5.02 Å². The highest BCUT2D eigenvalue weighted by Gasteiger charge is 2.26. The second-order valence-corrected chi connectivity index (χ2v) is 6.25. The van der Waals surface area contributed by atoms with Crippen LogP contribution in [0.1, 0.15) is 11.1 Å². The van der Waals surface area contributed by atoms with Crippen molar-refractivity contribution in [3.63, 3.8) is 0 Å². The number of nitrogens with zero attached hydrogens (tertiary/aromatic N) is 2. The van der Waals surface area contributed by atoms with E-state index in [-0.39, 0.29) is 6.09 Å². The standard InChI is InChI=1S/C19H15ClN2O2/c20-16-7-5-13(6-8-16)9-10-22-12-15-11-14-3-1-2-4-17(14)21-18(15)24-19(22)23/h1-8,11H,9-10,12H2. The van der Waals surface area contributed by atoms with Gasteiger partial charge in [-0.05, 0) is 36.2 Å². The van der Waals surface area contributed by atoms with E-state index in [0.29, 0.717) is 24.0 Å². The summed E-state index contributed by atoms with van der Waals surface area (Å²) >= 11 is 5.90. The second kappa shape index (κ2) is 6.13. The minimum absolute atomic E-state index is 0.348. The van der Waals surface area contributed by atoms with Crippen LogP contribution in [0.3, 0.4) is 0 Å². The summed E-state index contributed by atoms with van der Waals surface area (Å²) in [5, 5.41) is 1.76. The number of carbonyl (C=O) groups excluding carboxylic acids is 1. The third kappa shape index (κ3) is 2.93. The average Bonchev–Trinajstić information content (AvgIpc) is 2.59. The molecule has 0 unspecified atom stereocenters. The number of amides is 1. The molecule has 0 N–H and O–H groups in total. The molecule has 0 atom stereocenters. The van der Waals surface area contributed by atoms with E-state index in [2.05, 4.69) is 4.98 Å². The first kappa shape index (κ1) is 15.0. The Bertz CT molecular complexity index is 909. The maximum Gasteiger partial charge on any atom is 0.416 e. The highest BCUT2D eigenvalue weighted by atomic mass is 35.5. The number of ether oxygens (including phenoxy) is 1. The molecule has 0 saturated heterocycles. The van der Waals surface area contributed by atoms with Gasteiger partial charge in [0.05, 0.1) is 12.1 Å². The molecular weight excluding hydrogens is 324 g/mol. The summed E-state index contributed by atoms with van der Waals surface area (Å²) in [5.74, 6) is 0.418. The molecule has 1 aliphatic rings. The number of hydrogen-bond acceptors (Lipinski definition) is 3. The Labute approximate surface area is 144 Å². The fourth-order valence-electron chi connectivity index (χ4n) is 2.85. The number of halogens is 1. The van der Waals surface area contributed by atoms with E-state index in [1.165, 1.54) is 0 Å². The van der Waals surface area contributed by atoms with Gasteiger partial charge in [0.2, 0.25) is 5.88 Å². The maximum absolute atomic E-state index is 12.2. The summed E-state index contributed by atoms with van der Waals surface area (Å²) < 4.78 is 5.41. The molecule has 4 nitrogen and oxygen atoms in total. The van der Waals surface area contributed by atoms with Gasteiger partial charge in [-0.15, -0.1) is 0 Å². The van der Waals surface area contributed by atoms with Gasteiger partial charge < -0.3 is 9.64 Å². The molecule has 4 rings (SSSR count). The molecule has 2 aromatic carbocycles. The lowest BCUT2D eigenvalue weighted by Gasteiger charge is -2.27. The molecule has 0 saturated carbocycles. The Balaban J connectivity index is 1.53. The molecule has 1 aliphatic heterocycles. The van der Waals surface area contributed by atoms with Gasteiger partial charge in [0.1, 0.15) is 0 Å². The van der Waals surface area contributed by atoms with E-state index < -0.39 is 0 Å². The zero-order valence-corrected chi connectivity index (χ0v) is 13.7. The predicted octanol–water partition coefficient (Wildman–Crippen LogP) is 4.45. The lowest BCUT2D eigenvalue weighted by molar-refractivity contribution is 0.137. The summed E-state index contributed by atoms with van der Waals surface area (Å²) in [4.78, 5) is 18.4. The summed E-state index contributed by atoms with van der Waals surface area (Å²) in [6.45, 7) is 1.10. The molecule has 0 radical (unpaired) electrons. The van der Waals surface area contributed by atoms with Crippen molar-refractivity contribution in [3.8, 4) is 5.88 Å². The highest BCUT2D eigenvalue weighted by molar-refractivity contribution is 6.30. The third-order valence-electron chi connectivity index (χ3n) is 4.15. The van der Waals surface area contributed by atoms with Gasteiger partial charge >= 0.3 is 6.09 Å². The molecule has 0 spiro atoms. The van der Waals surface area contributed by atoms with Crippen molar-refractivity contribution in [1.82, 2.24) is 9.88 Å². The normalized spacial score (nSPS) is 13.7. The summed E-state index contributed by atoms with van der Waals surface area (Å²) in [6, 6.07) is 17.5. The van der Waals surface area contributed by atoms with Crippen LogP contribution in [0, 0.1) is 0 Å². The van der Waals surface area contributed by atoms with Crippen molar-refractivity contribution in [3.05, 3.63) is 70.7 Å². The van der Waals surface area contributed by atoms with Crippen molar-refractivity contribution >= 4 is 28.6 Å². The fraction of sp³-hybridized carbons (Fsp3) is 0.158. The highest BCUT2D eigenvalue weighted by Crippen LogP contribution is 2.27. The van der Waals surface area contributed by atoms with Crippen LogP contribution in [-0.4, -0.2) is 22.5 Å². The first-order valence-electron chi connectivity index (χ1n) is 7.79. The summed E-state index contributed by atoms with van der Waals surface area (Å²) in [7, 11) is 0. The zero-order chi connectivity index (χ0) is 16.5. The Morgan fingerprint density at radius 1 is 1.12 bits per heavy atom. The quantitative estimate of drug-likeness (QED) is 0.708. The lowest BCUT2D eigenvalue weighted by Crippen LogP contribution is -2.38. The molecular formula is C19H15ClN2O2. The number of fused-ring (bicyclic) bond motifs is 2. The van der Waals surface area contributed by atoms with Gasteiger partial charge in [0.25, 0.3) is 0 Å². The third-order valence-corrected chi connectivity index (χ3v) is 4.40.